The van der Waals surface area contributed by atoms with E-state index in [9.17, 15) is 33.6 Å². The first-order valence-corrected chi connectivity index (χ1v) is 10.1. The van der Waals surface area contributed by atoms with Crippen LogP contribution in [0.15, 0.2) is 46.3 Å². The summed E-state index contributed by atoms with van der Waals surface area (Å²) in [4.78, 5) is 2.29. The second-order valence-electron chi connectivity index (χ2n) is 5.36. The van der Waals surface area contributed by atoms with Crippen LogP contribution in [0.25, 0.3) is 0 Å². The van der Waals surface area contributed by atoms with Crippen molar-refractivity contribution >= 4 is 23.9 Å². The minimum atomic E-state index is -10.7. The van der Waals surface area contributed by atoms with Gasteiger partial charge in [0.25, 0.3) is 0 Å². The molecule has 0 aromatic heterocycles. The molecule has 0 aliphatic heterocycles. The van der Waals surface area contributed by atoms with Gasteiger partial charge in [-0.1, -0.05) is 18.2 Å². The van der Waals surface area contributed by atoms with E-state index in [1.807, 2.05) is 0 Å². The van der Waals surface area contributed by atoms with Crippen LogP contribution in [0.5, 0.6) is 0 Å². The van der Waals surface area contributed by atoms with Crippen molar-refractivity contribution in [1.82, 2.24) is 4.90 Å². The molecule has 0 fully saturated rings. The number of hydrogen-bond donors (Lipinski definition) is 0. The maximum absolute atomic E-state index is 12.5. The van der Waals surface area contributed by atoms with E-state index in [0.29, 0.717) is 4.90 Å². The third kappa shape index (κ3) is 13.4. The van der Waals surface area contributed by atoms with Crippen LogP contribution in [0.2, 0.25) is 0 Å². The van der Waals surface area contributed by atoms with Crippen LogP contribution < -0.4 is 0 Å². The molecule has 4 nitrogen and oxygen atoms in total. The van der Waals surface area contributed by atoms with Crippen molar-refractivity contribution < 1.29 is 38.2 Å². The molecule has 0 saturated carbocycles. The number of nitrogens with zero attached hydrogens (tertiary/aromatic N) is 2. The third-order valence-electron chi connectivity index (χ3n) is 2.13. The molecule has 1 rings (SSSR count). The molecule has 0 aliphatic rings. The molecule has 0 saturated heterocycles. The van der Waals surface area contributed by atoms with Gasteiger partial charge in [-0.15, -0.1) is 0 Å². The molecule has 0 radical (unpaired) electrons. The average molecular weight is 412 g/mol. The van der Waals surface area contributed by atoms with Crippen molar-refractivity contribution in [1.29, 1.82) is 0 Å². The van der Waals surface area contributed by atoms with E-state index in [-0.39, 0.29) is 4.91 Å². The summed E-state index contributed by atoms with van der Waals surface area (Å²) in [7, 11) is -6.94. The zero-order valence-electron chi connectivity index (χ0n) is 13.9. The Balaban J connectivity index is 0.000000697. The molecule has 0 N–H and O–H groups in total. The molecule has 1 aromatic carbocycles. The molecule has 146 valence electrons. The van der Waals surface area contributed by atoms with E-state index in [0.717, 1.165) is 0 Å². The van der Waals surface area contributed by atoms with Gasteiger partial charge in [-0.2, -0.15) is 0 Å². The Morgan fingerprint density at radius 3 is 1.72 bits per heavy atom. The van der Waals surface area contributed by atoms with Crippen LogP contribution in [-0.2, 0) is 9.84 Å². The molecule has 0 bridgehead atoms. The van der Waals surface area contributed by atoms with Gasteiger partial charge in [0.2, 0.25) is 9.84 Å². The number of sulfone groups is 1. The molecule has 1 aromatic rings. The van der Waals surface area contributed by atoms with Crippen LogP contribution in [0, 0.1) is 0 Å². The van der Waals surface area contributed by atoms with Crippen LogP contribution in [0.3, 0.4) is 0 Å². The van der Waals surface area contributed by atoms with Crippen molar-refractivity contribution in [2.24, 2.45) is 0 Å². The summed E-state index contributed by atoms with van der Waals surface area (Å²) < 4.78 is 85.8. The molecule has 0 unspecified atom stereocenters. The van der Waals surface area contributed by atoms with E-state index in [4.69, 9.17) is 0 Å². The van der Waals surface area contributed by atoms with Crippen LogP contribution in [0.1, 0.15) is 0 Å². The first-order chi connectivity index (χ1) is 10.8. The summed E-state index contributed by atoms with van der Waals surface area (Å²) in [5, 5.41) is 0. The molecule has 25 heavy (non-hydrogen) atoms. The van der Waals surface area contributed by atoms with Crippen molar-refractivity contribution in [2.75, 3.05) is 28.2 Å². The summed E-state index contributed by atoms with van der Waals surface area (Å²) in [6.07, 6.45) is 3.20. The summed E-state index contributed by atoms with van der Waals surface area (Å²) in [6.45, 7) is 0. The van der Waals surface area contributed by atoms with Gasteiger partial charge in [-0.3, -0.25) is 0 Å². The predicted molar refractivity (Wildman–Crippen MR) is 87.1 cm³/mol. The molecule has 0 atom stereocenters. The van der Waals surface area contributed by atoms with Gasteiger partial charge < -0.3 is 4.90 Å². The number of rotatable bonds is 4. The number of allylic oxidation sites excluding steroid dienone is 1. The second-order valence-corrected chi connectivity index (χ2v) is 9.23. The van der Waals surface area contributed by atoms with E-state index in [2.05, 4.69) is 0 Å². The number of halogens is 6. The van der Waals surface area contributed by atoms with E-state index >= 15 is 0 Å². The van der Waals surface area contributed by atoms with Gasteiger partial charge in [0.15, 0.2) is 11.1 Å². The quantitative estimate of drug-likeness (QED) is 0.314. The van der Waals surface area contributed by atoms with Crippen molar-refractivity contribution in [3.8, 4) is 0 Å². The molecule has 0 spiro atoms. The average Bonchev–Trinajstić information content (AvgIpc) is 2.34. The molecular formula is C13H19F6N2O2PS. The number of hydrogen-bond acceptors (Lipinski definition) is 3. The predicted octanol–water partition coefficient (Wildman–Crippen LogP) is 4.59. The normalized spacial score (nSPS) is 15.2. The van der Waals surface area contributed by atoms with E-state index in [1.54, 1.807) is 80.4 Å². The topological polar surface area (TPSA) is 40.4 Å². The van der Waals surface area contributed by atoms with Crippen molar-refractivity contribution in [3.63, 3.8) is 0 Å². The van der Waals surface area contributed by atoms with Gasteiger partial charge in [0.05, 0.1) is 4.90 Å². The van der Waals surface area contributed by atoms with Crippen molar-refractivity contribution in [2.45, 2.75) is 4.90 Å². The molecule has 12 heteroatoms. The molecule has 0 aliphatic carbocycles. The van der Waals surface area contributed by atoms with Crippen molar-refractivity contribution in [3.05, 3.63) is 41.4 Å². The first-order valence-electron chi connectivity index (χ1n) is 6.55. The number of benzene rings is 1. The van der Waals surface area contributed by atoms with Gasteiger partial charge >= 0.3 is 33.0 Å². The summed E-state index contributed by atoms with van der Waals surface area (Å²) in [6, 6.07) is 8.43. The standard InChI is InChI=1S/C13H19N2O2S.F6P/c1-14(2)10-13(11-15(3)4)18(16,17)12-8-6-5-7-9-12;1-7(2,3,4,5)6/h5-11H,1-4H3;/q+1;-1. The Labute approximate surface area is 142 Å². The Hall–Kier alpha value is -1.61. The molecule has 0 amide bonds. The van der Waals surface area contributed by atoms with Gasteiger partial charge in [0.1, 0.15) is 14.1 Å². The SMILES string of the molecule is CN(C)/C=C(/C=[N+](C)C)S(=O)(=O)c1ccccc1.F[P-](F)(F)(F)(F)F. The van der Waals surface area contributed by atoms with Crippen LogP contribution in [-0.4, -0.2) is 52.3 Å². The summed E-state index contributed by atoms with van der Waals surface area (Å²) in [5.74, 6) is 0. The maximum atomic E-state index is 12.5. The first kappa shape index (κ1) is 23.4. The fourth-order valence-electron chi connectivity index (χ4n) is 1.42. The summed E-state index contributed by atoms with van der Waals surface area (Å²) in [5.41, 5.74) is 0. The Morgan fingerprint density at radius 2 is 1.40 bits per heavy atom. The zero-order chi connectivity index (χ0) is 20.2. The van der Waals surface area contributed by atoms with Crippen LogP contribution in [0.4, 0.5) is 25.2 Å². The Bertz CT molecular complexity index is 741. The van der Waals surface area contributed by atoms with E-state index in [1.165, 1.54) is 0 Å². The van der Waals surface area contributed by atoms with Gasteiger partial charge in [-0.05, 0) is 12.1 Å². The minimum absolute atomic E-state index is 0.267. The molecule has 0 heterocycles. The molecular weight excluding hydrogens is 393 g/mol. The fourth-order valence-corrected chi connectivity index (χ4v) is 2.90. The fraction of sp³-hybridized carbons (Fsp3) is 0.308. The van der Waals surface area contributed by atoms with Gasteiger partial charge in [0, 0.05) is 20.3 Å². The zero-order valence-corrected chi connectivity index (χ0v) is 15.6. The second kappa shape index (κ2) is 6.95. The van der Waals surface area contributed by atoms with Crippen LogP contribution >= 0.6 is 7.81 Å². The van der Waals surface area contributed by atoms with E-state index < -0.39 is 17.6 Å². The Kier molecular flexibility index (Phi) is 6.50. The summed E-state index contributed by atoms with van der Waals surface area (Å²) >= 11 is 0. The monoisotopic (exact) mass is 412 g/mol. The van der Waals surface area contributed by atoms with Gasteiger partial charge in [-0.25, -0.2) is 13.0 Å². The Morgan fingerprint density at radius 1 is 1.00 bits per heavy atom. The third-order valence-corrected chi connectivity index (χ3v) is 3.86.